The molecular formula is C11H17NO3S. The SMILES string of the molecule is O=S(=O)(C1CC1)N1C[C@@H]2C[C@H]3C[C@H]2[C@@H]1[C@@H]3O. The fourth-order valence-corrected chi connectivity index (χ4v) is 6.34. The van der Waals surface area contributed by atoms with Crippen molar-refractivity contribution in [3.8, 4) is 0 Å². The Kier molecular flexibility index (Phi) is 1.73. The van der Waals surface area contributed by atoms with Gasteiger partial charge in [0, 0.05) is 6.54 Å². The van der Waals surface area contributed by atoms with Gasteiger partial charge in [0.05, 0.1) is 17.4 Å². The Morgan fingerprint density at radius 2 is 1.88 bits per heavy atom. The van der Waals surface area contributed by atoms with Crippen molar-refractivity contribution in [1.82, 2.24) is 4.31 Å². The molecule has 5 heteroatoms. The topological polar surface area (TPSA) is 57.6 Å². The molecule has 3 aliphatic carbocycles. The summed E-state index contributed by atoms with van der Waals surface area (Å²) in [6.45, 7) is 0.682. The van der Waals surface area contributed by atoms with Crippen molar-refractivity contribution in [2.75, 3.05) is 6.54 Å². The molecule has 4 nitrogen and oxygen atoms in total. The van der Waals surface area contributed by atoms with Crippen molar-refractivity contribution < 1.29 is 13.5 Å². The third-order valence-electron chi connectivity index (χ3n) is 5.08. The number of sulfonamides is 1. The molecule has 2 bridgehead atoms. The van der Waals surface area contributed by atoms with E-state index in [2.05, 4.69) is 0 Å². The summed E-state index contributed by atoms with van der Waals surface area (Å²) in [7, 11) is -3.09. The van der Waals surface area contributed by atoms with Crippen LogP contribution in [-0.4, -0.2) is 41.8 Å². The van der Waals surface area contributed by atoms with Gasteiger partial charge in [-0.2, -0.15) is 4.31 Å². The lowest BCUT2D eigenvalue weighted by molar-refractivity contribution is 0.0730. The Bertz CT molecular complexity index is 429. The zero-order valence-corrected chi connectivity index (χ0v) is 9.94. The Morgan fingerprint density at radius 1 is 1.12 bits per heavy atom. The Labute approximate surface area is 95.7 Å². The summed E-state index contributed by atoms with van der Waals surface area (Å²) in [5.41, 5.74) is 0. The standard InChI is InChI=1S/C11H17NO3S/c13-11-6-3-7-5-12(10(11)9(7)4-6)16(14,15)8-1-2-8/h6-11,13H,1-5H2/t6-,7-,9+,10+,11+/m0/s1. The number of aliphatic hydroxyl groups is 1. The first kappa shape index (κ1) is 9.85. The smallest absolute Gasteiger partial charge is 0.217 e. The maximum atomic E-state index is 12.3. The molecule has 5 atom stereocenters. The Balaban J connectivity index is 1.72. The zero-order chi connectivity index (χ0) is 11.1. The maximum absolute atomic E-state index is 12.3. The van der Waals surface area contributed by atoms with Gasteiger partial charge in [-0.15, -0.1) is 0 Å². The number of aliphatic hydroxyl groups excluding tert-OH is 1. The van der Waals surface area contributed by atoms with E-state index in [1.165, 1.54) is 0 Å². The molecule has 0 unspecified atom stereocenters. The first-order chi connectivity index (χ1) is 7.59. The molecule has 0 spiro atoms. The molecule has 1 heterocycles. The van der Waals surface area contributed by atoms with Gasteiger partial charge in [0.1, 0.15) is 0 Å². The van der Waals surface area contributed by atoms with E-state index in [4.69, 9.17) is 0 Å². The van der Waals surface area contributed by atoms with Crippen LogP contribution in [0.5, 0.6) is 0 Å². The lowest BCUT2D eigenvalue weighted by Gasteiger charge is -2.28. The molecule has 4 fully saturated rings. The predicted molar refractivity (Wildman–Crippen MR) is 58.1 cm³/mol. The second-order valence-corrected chi connectivity index (χ2v) is 8.12. The maximum Gasteiger partial charge on any atom is 0.217 e. The third kappa shape index (κ3) is 1.05. The normalized spacial score (nSPS) is 51.4. The van der Waals surface area contributed by atoms with Gasteiger partial charge >= 0.3 is 0 Å². The molecule has 0 radical (unpaired) electrons. The summed E-state index contributed by atoms with van der Waals surface area (Å²) in [6, 6.07) is -0.0747. The number of hydrogen-bond acceptors (Lipinski definition) is 3. The summed E-state index contributed by atoms with van der Waals surface area (Å²) < 4.78 is 26.2. The quantitative estimate of drug-likeness (QED) is 0.752. The number of rotatable bonds is 2. The lowest BCUT2D eigenvalue weighted by atomic mass is 9.88. The predicted octanol–water partition coefficient (Wildman–Crippen LogP) is 0.180. The van der Waals surface area contributed by atoms with Crippen LogP contribution < -0.4 is 0 Å². The molecule has 0 aromatic rings. The minimum absolute atomic E-state index is 0.0747. The first-order valence-electron chi connectivity index (χ1n) is 6.28. The number of fused-ring (bicyclic) bond motifs is 1. The summed E-state index contributed by atoms with van der Waals surface area (Å²) >= 11 is 0. The van der Waals surface area contributed by atoms with E-state index in [-0.39, 0.29) is 11.3 Å². The summed E-state index contributed by atoms with van der Waals surface area (Å²) in [4.78, 5) is 0. The summed E-state index contributed by atoms with van der Waals surface area (Å²) in [6.07, 6.45) is 3.34. The number of nitrogens with zero attached hydrogens (tertiary/aromatic N) is 1. The average molecular weight is 243 g/mol. The van der Waals surface area contributed by atoms with Crippen LogP contribution in [0.4, 0.5) is 0 Å². The van der Waals surface area contributed by atoms with E-state index in [9.17, 15) is 13.5 Å². The van der Waals surface area contributed by atoms with E-state index in [1.54, 1.807) is 4.31 Å². The summed E-state index contributed by atoms with van der Waals surface area (Å²) in [5.74, 6) is 1.36. The fourth-order valence-electron chi connectivity index (χ4n) is 4.21. The van der Waals surface area contributed by atoms with E-state index in [1.807, 2.05) is 0 Å². The van der Waals surface area contributed by atoms with Gasteiger partial charge in [0.25, 0.3) is 0 Å². The molecule has 90 valence electrons. The van der Waals surface area contributed by atoms with Crippen molar-refractivity contribution in [2.24, 2.45) is 17.8 Å². The largest absolute Gasteiger partial charge is 0.391 e. The highest BCUT2D eigenvalue weighted by Crippen LogP contribution is 2.56. The highest BCUT2D eigenvalue weighted by molar-refractivity contribution is 7.90. The van der Waals surface area contributed by atoms with Crippen molar-refractivity contribution >= 4 is 10.0 Å². The van der Waals surface area contributed by atoms with Gasteiger partial charge in [-0.05, 0) is 43.4 Å². The molecule has 0 amide bonds. The first-order valence-corrected chi connectivity index (χ1v) is 7.78. The van der Waals surface area contributed by atoms with Gasteiger partial charge in [0.15, 0.2) is 0 Å². The molecule has 0 aromatic heterocycles. The van der Waals surface area contributed by atoms with Gasteiger partial charge in [-0.25, -0.2) is 8.42 Å². The van der Waals surface area contributed by atoms with Crippen molar-refractivity contribution in [2.45, 2.75) is 43.1 Å². The van der Waals surface area contributed by atoms with Gasteiger partial charge in [-0.3, -0.25) is 0 Å². The van der Waals surface area contributed by atoms with Crippen LogP contribution in [0.3, 0.4) is 0 Å². The fraction of sp³-hybridized carbons (Fsp3) is 1.00. The highest BCUT2D eigenvalue weighted by Gasteiger charge is 2.62. The zero-order valence-electron chi connectivity index (χ0n) is 9.12. The lowest BCUT2D eigenvalue weighted by Crippen LogP contribution is -2.44. The summed E-state index contributed by atoms with van der Waals surface area (Å²) in [5, 5.41) is 10.0. The van der Waals surface area contributed by atoms with Crippen molar-refractivity contribution in [1.29, 1.82) is 0 Å². The van der Waals surface area contributed by atoms with Gasteiger partial charge in [-0.1, -0.05) is 0 Å². The van der Waals surface area contributed by atoms with E-state index >= 15 is 0 Å². The Morgan fingerprint density at radius 3 is 2.50 bits per heavy atom. The van der Waals surface area contributed by atoms with E-state index in [0.29, 0.717) is 24.3 Å². The van der Waals surface area contributed by atoms with Crippen LogP contribution in [0.25, 0.3) is 0 Å². The van der Waals surface area contributed by atoms with Crippen LogP contribution in [0.1, 0.15) is 25.7 Å². The van der Waals surface area contributed by atoms with Crippen molar-refractivity contribution in [3.63, 3.8) is 0 Å². The highest BCUT2D eigenvalue weighted by atomic mass is 32.2. The van der Waals surface area contributed by atoms with Crippen LogP contribution in [0, 0.1) is 17.8 Å². The van der Waals surface area contributed by atoms with Gasteiger partial charge in [0.2, 0.25) is 10.0 Å². The molecule has 4 aliphatic rings. The third-order valence-corrected chi connectivity index (χ3v) is 7.44. The minimum Gasteiger partial charge on any atom is -0.391 e. The minimum atomic E-state index is -3.09. The molecule has 16 heavy (non-hydrogen) atoms. The Hall–Kier alpha value is -0.130. The molecule has 4 rings (SSSR count). The van der Waals surface area contributed by atoms with Crippen molar-refractivity contribution in [3.05, 3.63) is 0 Å². The molecular weight excluding hydrogens is 226 g/mol. The van der Waals surface area contributed by atoms with E-state index < -0.39 is 16.1 Å². The van der Waals surface area contributed by atoms with Crippen LogP contribution >= 0.6 is 0 Å². The molecule has 3 saturated carbocycles. The molecule has 1 saturated heterocycles. The van der Waals surface area contributed by atoms with Crippen LogP contribution in [0.2, 0.25) is 0 Å². The van der Waals surface area contributed by atoms with E-state index in [0.717, 1.165) is 25.7 Å². The second-order valence-electron chi connectivity index (χ2n) is 5.95. The second kappa shape index (κ2) is 2.82. The number of hydrogen-bond donors (Lipinski definition) is 1. The molecule has 0 aromatic carbocycles. The molecule has 1 N–H and O–H groups in total. The molecule has 1 aliphatic heterocycles. The monoisotopic (exact) mass is 243 g/mol. The average Bonchev–Trinajstić information content (AvgIpc) is 2.85. The van der Waals surface area contributed by atoms with Gasteiger partial charge < -0.3 is 5.11 Å². The van der Waals surface area contributed by atoms with Crippen LogP contribution in [-0.2, 0) is 10.0 Å². The van der Waals surface area contributed by atoms with Crippen LogP contribution in [0.15, 0.2) is 0 Å².